The second kappa shape index (κ2) is 6.75. The lowest BCUT2D eigenvalue weighted by atomic mass is 10.4. The van der Waals surface area contributed by atoms with Gasteiger partial charge in [-0.2, -0.15) is 11.8 Å². The van der Waals surface area contributed by atoms with Gasteiger partial charge in [-0.15, -0.1) is 10.2 Å². The van der Waals surface area contributed by atoms with E-state index < -0.39 is 5.97 Å². The van der Waals surface area contributed by atoms with E-state index in [2.05, 4.69) is 17.1 Å². The summed E-state index contributed by atoms with van der Waals surface area (Å²) >= 11 is 2.94. The first-order valence-corrected chi connectivity index (χ1v) is 7.33. The summed E-state index contributed by atoms with van der Waals surface area (Å²) in [6.07, 6.45) is 0. The highest BCUT2D eigenvalue weighted by molar-refractivity contribution is 7.99. The molecule has 96 valence electrons. The molecule has 6 nitrogen and oxygen atoms in total. The van der Waals surface area contributed by atoms with Gasteiger partial charge in [-0.05, 0) is 12.7 Å². The normalized spacial score (nSPS) is 12.6. The smallest absolute Gasteiger partial charge is 0.313 e. The van der Waals surface area contributed by atoms with Crippen LogP contribution < -0.4 is 5.73 Å². The van der Waals surface area contributed by atoms with Crippen LogP contribution in [0.4, 0.5) is 5.95 Å². The summed E-state index contributed by atoms with van der Waals surface area (Å²) < 4.78 is 1.79. The molecule has 0 fully saturated rings. The monoisotopic (exact) mass is 276 g/mol. The number of carbonyl (C=O) groups is 1. The minimum absolute atomic E-state index is 0.0359. The molecular formula is C9H16N4O2S2. The molecule has 0 aliphatic rings. The summed E-state index contributed by atoms with van der Waals surface area (Å²) in [5.41, 5.74) is 5.74. The number of carboxylic acid groups (broad SMARTS) is 1. The van der Waals surface area contributed by atoms with E-state index in [1.54, 1.807) is 16.3 Å². The molecule has 0 spiro atoms. The molecule has 0 radical (unpaired) electrons. The Morgan fingerprint density at radius 3 is 2.88 bits per heavy atom. The number of nitrogen functional groups attached to an aromatic ring is 1. The van der Waals surface area contributed by atoms with Crippen molar-refractivity contribution in [2.75, 3.05) is 23.0 Å². The number of rotatable bonds is 7. The molecule has 0 bridgehead atoms. The maximum atomic E-state index is 10.5. The fourth-order valence-corrected chi connectivity index (χ4v) is 2.78. The van der Waals surface area contributed by atoms with Crippen molar-refractivity contribution in [1.82, 2.24) is 14.8 Å². The zero-order valence-corrected chi connectivity index (χ0v) is 11.4. The highest BCUT2D eigenvalue weighted by Gasteiger charge is 2.16. The minimum atomic E-state index is -0.876. The Morgan fingerprint density at radius 1 is 1.59 bits per heavy atom. The van der Waals surface area contributed by atoms with E-state index in [0.29, 0.717) is 11.1 Å². The number of hydrogen-bond acceptors (Lipinski definition) is 6. The van der Waals surface area contributed by atoms with Crippen LogP contribution in [0.15, 0.2) is 5.16 Å². The number of anilines is 1. The average Bonchev–Trinajstić information content (AvgIpc) is 2.64. The first-order chi connectivity index (χ1) is 8.06. The fourth-order valence-electron chi connectivity index (χ4n) is 1.29. The van der Waals surface area contributed by atoms with Crippen molar-refractivity contribution in [2.24, 2.45) is 0 Å². The van der Waals surface area contributed by atoms with Gasteiger partial charge in [0.15, 0.2) is 5.16 Å². The van der Waals surface area contributed by atoms with E-state index in [1.807, 2.05) is 6.92 Å². The second-order valence-corrected chi connectivity index (χ2v) is 5.66. The SMILES string of the molecule is CCSCC(C)n1c(N)nnc1SCC(=O)O. The summed E-state index contributed by atoms with van der Waals surface area (Å²) in [7, 11) is 0. The average molecular weight is 276 g/mol. The molecule has 1 aromatic heterocycles. The zero-order chi connectivity index (χ0) is 12.8. The van der Waals surface area contributed by atoms with Gasteiger partial charge < -0.3 is 10.8 Å². The van der Waals surface area contributed by atoms with Crippen molar-refractivity contribution in [3.05, 3.63) is 0 Å². The predicted molar refractivity (Wildman–Crippen MR) is 70.5 cm³/mol. The quantitative estimate of drug-likeness (QED) is 0.726. The fraction of sp³-hybridized carbons (Fsp3) is 0.667. The topological polar surface area (TPSA) is 94.0 Å². The molecule has 17 heavy (non-hydrogen) atoms. The molecule has 0 aliphatic carbocycles. The Kier molecular flexibility index (Phi) is 5.63. The van der Waals surface area contributed by atoms with Crippen LogP contribution in [-0.2, 0) is 4.79 Å². The van der Waals surface area contributed by atoms with Crippen LogP contribution in [0.5, 0.6) is 0 Å². The number of nitrogens with zero attached hydrogens (tertiary/aromatic N) is 3. The molecule has 0 aliphatic heterocycles. The van der Waals surface area contributed by atoms with E-state index in [-0.39, 0.29) is 11.8 Å². The van der Waals surface area contributed by atoms with Crippen LogP contribution in [0.1, 0.15) is 19.9 Å². The van der Waals surface area contributed by atoms with Crippen LogP contribution in [0.25, 0.3) is 0 Å². The van der Waals surface area contributed by atoms with E-state index in [0.717, 1.165) is 23.3 Å². The second-order valence-electron chi connectivity index (χ2n) is 3.40. The number of aromatic nitrogens is 3. The van der Waals surface area contributed by atoms with Crippen LogP contribution in [0, 0.1) is 0 Å². The van der Waals surface area contributed by atoms with Crippen LogP contribution in [-0.4, -0.2) is 43.1 Å². The summed E-state index contributed by atoms with van der Waals surface area (Å²) in [6.45, 7) is 4.11. The number of aliphatic carboxylic acids is 1. The predicted octanol–water partition coefficient (Wildman–Crippen LogP) is 1.35. The number of nitrogens with two attached hydrogens (primary N) is 1. The highest BCUT2D eigenvalue weighted by Crippen LogP contribution is 2.24. The van der Waals surface area contributed by atoms with Gasteiger partial charge >= 0.3 is 5.97 Å². The molecule has 0 saturated heterocycles. The van der Waals surface area contributed by atoms with Gasteiger partial charge in [0.25, 0.3) is 0 Å². The Morgan fingerprint density at radius 2 is 2.29 bits per heavy atom. The highest BCUT2D eigenvalue weighted by atomic mass is 32.2. The molecule has 0 amide bonds. The first-order valence-electron chi connectivity index (χ1n) is 5.19. The molecule has 0 saturated carbocycles. The van der Waals surface area contributed by atoms with Gasteiger partial charge in [0, 0.05) is 11.8 Å². The van der Waals surface area contributed by atoms with Crippen molar-refractivity contribution in [3.8, 4) is 0 Å². The van der Waals surface area contributed by atoms with E-state index in [9.17, 15) is 4.79 Å². The molecule has 0 aromatic carbocycles. The molecule has 1 heterocycles. The number of thioether (sulfide) groups is 2. The standard InChI is InChI=1S/C9H16N4O2S2/c1-3-16-4-6(2)13-8(10)11-12-9(13)17-5-7(14)15/h6H,3-5H2,1-2H3,(H2,10,11)(H,14,15). The van der Waals surface area contributed by atoms with Gasteiger partial charge in [0.1, 0.15) is 0 Å². The van der Waals surface area contributed by atoms with Gasteiger partial charge in [0.05, 0.1) is 5.75 Å². The number of carboxylic acids is 1. The minimum Gasteiger partial charge on any atom is -0.481 e. The van der Waals surface area contributed by atoms with Gasteiger partial charge in [-0.3, -0.25) is 9.36 Å². The third-order valence-corrected chi connectivity index (χ3v) is 4.07. The largest absolute Gasteiger partial charge is 0.481 e. The Balaban J connectivity index is 2.74. The van der Waals surface area contributed by atoms with Crippen molar-refractivity contribution in [1.29, 1.82) is 0 Å². The zero-order valence-electron chi connectivity index (χ0n) is 9.79. The molecule has 8 heteroatoms. The third kappa shape index (κ3) is 4.12. The van der Waals surface area contributed by atoms with Crippen molar-refractivity contribution >= 4 is 35.4 Å². The van der Waals surface area contributed by atoms with E-state index >= 15 is 0 Å². The third-order valence-electron chi connectivity index (χ3n) is 2.02. The summed E-state index contributed by atoms with van der Waals surface area (Å²) in [6, 6.07) is 0.159. The van der Waals surface area contributed by atoms with Crippen molar-refractivity contribution in [2.45, 2.75) is 25.0 Å². The Bertz CT molecular complexity index is 383. The van der Waals surface area contributed by atoms with Crippen molar-refractivity contribution in [3.63, 3.8) is 0 Å². The lowest BCUT2D eigenvalue weighted by molar-refractivity contribution is -0.133. The molecule has 1 atom stereocenters. The van der Waals surface area contributed by atoms with Gasteiger partial charge in [-0.1, -0.05) is 18.7 Å². The van der Waals surface area contributed by atoms with Gasteiger partial charge in [-0.25, -0.2) is 0 Å². The van der Waals surface area contributed by atoms with Gasteiger partial charge in [0.2, 0.25) is 5.95 Å². The Labute approximate surface area is 108 Å². The summed E-state index contributed by atoms with van der Waals surface area (Å²) in [5, 5.41) is 16.9. The lowest BCUT2D eigenvalue weighted by Gasteiger charge is -2.15. The van der Waals surface area contributed by atoms with Crippen LogP contribution >= 0.6 is 23.5 Å². The molecule has 1 aromatic rings. The van der Waals surface area contributed by atoms with Crippen LogP contribution in [0.2, 0.25) is 0 Å². The molecule has 3 N–H and O–H groups in total. The summed E-state index contributed by atoms with van der Waals surface area (Å²) in [5.74, 6) is 1.36. The number of hydrogen-bond donors (Lipinski definition) is 2. The van der Waals surface area contributed by atoms with Crippen molar-refractivity contribution < 1.29 is 9.90 Å². The first kappa shape index (κ1) is 14.2. The maximum Gasteiger partial charge on any atom is 0.313 e. The lowest BCUT2D eigenvalue weighted by Crippen LogP contribution is -2.13. The van der Waals surface area contributed by atoms with E-state index in [4.69, 9.17) is 10.8 Å². The molecule has 1 rings (SSSR count). The van der Waals surface area contributed by atoms with Crippen LogP contribution in [0.3, 0.4) is 0 Å². The maximum absolute atomic E-state index is 10.5. The van der Waals surface area contributed by atoms with E-state index in [1.165, 1.54) is 0 Å². The molecule has 1 unspecified atom stereocenters. The summed E-state index contributed by atoms with van der Waals surface area (Å²) in [4.78, 5) is 10.5. The molecular weight excluding hydrogens is 260 g/mol. The Hall–Kier alpha value is -0.890.